The number of benzene rings is 1. The largest absolute Gasteiger partial charge is 0.497 e. The fraction of sp³-hybridized carbons (Fsp3) is 0.588. The van der Waals surface area contributed by atoms with Crippen molar-refractivity contribution >= 4 is 6.29 Å². The van der Waals surface area contributed by atoms with Gasteiger partial charge in [-0.25, -0.2) is 0 Å². The van der Waals surface area contributed by atoms with Gasteiger partial charge in [-0.3, -0.25) is 4.90 Å². The molecule has 1 heterocycles. The van der Waals surface area contributed by atoms with Crippen LogP contribution in [0.4, 0.5) is 0 Å². The van der Waals surface area contributed by atoms with Gasteiger partial charge in [0.25, 0.3) is 0 Å². The molecule has 0 aromatic heterocycles. The van der Waals surface area contributed by atoms with Crippen LogP contribution in [0.15, 0.2) is 18.2 Å². The summed E-state index contributed by atoms with van der Waals surface area (Å²) in [4.78, 5) is 14.0. The van der Waals surface area contributed by atoms with Gasteiger partial charge in [0, 0.05) is 24.2 Å². The van der Waals surface area contributed by atoms with Gasteiger partial charge in [-0.15, -0.1) is 0 Å². The number of aldehydes is 1. The lowest BCUT2D eigenvalue weighted by Gasteiger charge is -2.35. The Balaban J connectivity index is 2.18. The topological polar surface area (TPSA) is 38.8 Å². The highest BCUT2D eigenvalue weighted by molar-refractivity contribution is 5.65. The van der Waals surface area contributed by atoms with Crippen LogP contribution in [-0.4, -0.2) is 44.5 Å². The van der Waals surface area contributed by atoms with Crippen molar-refractivity contribution in [1.82, 2.24) is 4.90 Å². The first kappa shape index (κ1) is 15.8. The first-order valence-electron chi connectivity index (χ1n) is 7.60. The van der Waals surface area contributed by atoms with Crippen molar-refractivity contribution in [2.24, 2.45) is 0 Å². The normalized spacial score (nSPS) is 20.8. The number of likely N-dealkylation sites (tertiary alicyclic amines) is 1. The van der Waals surface area contributed by atoms with Gasteiger partial charge in [-0.2, -0.15) is 0 Å². The maximum Gasteiger partial charge on any atom is 0.128 e. The van der Waals surface area contributed by atoms with Crippen LogP contribution in [0.1, 0.15) is 37.7 Å². The van der Waals surface area contributed by atoms with Gasteiger partial charge in [0.15, 0.2) is 0 Å². The first-order valence-corrected chi connectivity index (χ1v) is 7.60. The van der Waals surface area contributed by atoms with E-state index in [0.29, 0.717) is 6.04 Å². The van der Waals surface area contributed by atoms with Crippen LogP contribution in [0, 0.1) is 0 Å². The third-order valence-corrected chi connectivity index (χ3v) is 4.38. The zero-order chi connectivity index (χ0) is 15.2. The van der Waals surface area contributed by atoms with Gasteiger partial charge in [-0.05, 0) is 32.4 Å². The third-order valence-electron chi connectivity index (χ3n) is 4.38. The smallest absolute Gasteiger partial charge is 0.128 e. The van der Waals surface area contributed by atoms with Gasteiger partial charge in [0.2, 0.25) is 0 Å². The summed E-state index contributed by atoms with van der Waals surface area (Å²) in [5.74, 6) is 1.30. The fourth-order valence-electron chi connectivity index (χ4n) is 3.02. The molecule has 1 fully saturated rings. The zero-order valence-corrected chi connectivity index (χ0v) is 13.2. The molecule has 4 nitrogen and oxygen atoms in total. The van der Waals surface area contributed by atoms with Crippen molar-refractivity contribution in [3.63, 3.8) is 0 Å². The molecule has 2 atom stereocenters. The summed E-state index contributed by atoms with van der Waals surface area (Å²) >= 11 is 0. The summed E-state index contributed by atoms with van der Waals surface area (Å²) in [7, 11) is 3.25. The lowest BCUT2D eigenvalue weighted by Crippen LogP contribution is -2.40. The lowest BCUT2D eigenvalue weighted by atomic mass is 9.95. The maximum atomic E-state index is 11.6. The Morgan fingerprint density at radius 2 is 2.14 bits per heavy atom. The van der Waals surface area contributed by atoms with Crippen LogP contribution < -0.4 is 9.47 Å². The molecule has 0 aliphatic carbocycles. The van der Waals surface area contributed by atoms with Crippen LogP contribution >= 0.6 is 0 Å². The van der Waals surface area contributed by atoms with Crippen LogP contribution in [0.2, 0.25) is 0 Å². The molecule has 116 valence electrons. The minimum Gasteiger partial charge on any atom is -0.497 e. The van der Waals surface area contributed by atoms with Crippen LogP contribution in [-0.2, 0) is 4.79 Å². The van der Waals surface area contributed by atoms with E-state index in [2.05, 4.69) is 11.8 Å². The summed E-state index contributed by atoms with van der Waals surface area (Å²) < 4.78 is 10.6. The second-order valence-corrected chi connectivity index (χ2v) is 5.69. The van der Waals surface area contributed by atoms with Gasteiger partial charge < -0.3 is 14.3 Å². The highest BCUT2D eigenvalue weighted by Crippen LogP contribution is 2.31. The SMILES string of the molecule is COc1ccc(C(C=O)CN2CCCCC2C)c(OC)c1. The molecule has 0 amide bonds. The van der Waals surface area contributed by atoms with E-state index in [4.69, 9.17) is 9.47 Å². The lowest BCUT2D eigenvalue weighted by molar-refractivity contribution is -0.109. The minimum atomic E-state index is -0.161. The molecule has 0 spiro atoms. The molecule has 21 heavy (non-hydrogen) atoms. The van der Waals surface area contributed by atoms with Crippen LogP contribution in [0.3, 0.4) is 0 Å². The third kappa shape index (κ3) is 3.76. The van der Waals surface area contributed by atoms with Crippen LogP contribution in [0.5, 0.6) is 11.5 Å². The number of rotatable bonds is 6. The Morgan fingerprint density at radius 3 is 2.76 bits per heavy atom. The van der Waals surface area contributed by atoms with E-state index < -0.39 is 0 Å². The Morgan fingerprint density at radius 1 is 1.33 bits per heavy atom. The molecule has 2 rings (SSSR count). The minimum absolute atomic E-state index is 0.161. The number of ether oxygens (including phenoxy) is 2. The van der Waals surface area contributed by atoms with Gasteiger partial charge in [-0.1, -0.05) is 12.5 Å². The molecule has 2 unspecified atom stereocenters. The van der Waals surface area contributed by atoms with E-state index in [1.54, 1.807) is 14.2 Å². The number of carbonyl (C=O) groups excluding carboxylic acids is 1. The van der Waals surface area contributed by atoms with Crippen molar-refractivity contribution in [2.75, 3.05) is 27.3 Å². The van der Waals surface area contributed by atoms with E-state index in [-0.39, 0.29) is 5.92 Å². The van der Waals surface area contributed by atoms with Crippen molar-refractivity contribution < 1.29 is 14.3 Å². The summed E-state index contributed by atoms with van der Waals surface area (Å²) in [6.07, 6.45) is 4.75. The molecular weight excluding hydrogens is 266 g/mol. The monoisotopic (exact) mass is 291 g/mol. The summed E-state index contributed by atoms with van der Waals surface area (Å²) in [5, 5.41) is 0. The predicted molar refractivity (Wildman–Crippen MR) is 83.2 cm³/mol. The average molecular weight is 291 g/mol. The summed E-state index contributed by atoms with van der Waals surface area (Å²) in [6, 6.07) is 6.20. The number of carbonyl (C=O) groups is 1. The first-order chi connectivity index (χ1) is 10.2. The molecule has 1 aromatic rings. The van der Waals surface area contributed by atoms with Crippen molar-refractivity contribution in [1.29, 1.82) is 0 Å². The van der Waals surface area contributed by atoms with E-state index in [9.17, 15) is 4.79 Å². The molecule has 4 heteroatoms. The van der Waals surface area contributed by atoms with Crippen molar-refractivity contribution in [2.45, 2.75) is 38.1 Å². The highest BCUT2D eigenvalue weighted by atomic mass is 16.5. The molecule has 0 saturated carbocycles. The fourth-order valence-corrected chi connectivity index (χ4v) is 3.02. The molecule has 1 aliphatic heterocycles. The zero-order valence-electron chi connectivity index (χ0n) is 13.2. The molecule has 1 aromatic carbocycles. The molecule has 1 saturated heterocycles. The van der Waals surface area contributed by atoms with Crippen LogP contribution in [0.25, 0.3) is 0 Å². The standard InChI is InChI=1S/C17H25NO3/c1-13-6-4-5-9-18(13)11-14(12-19)16-8-7-15(20-2)10-17(16)21-3/h7-8,10,12-14H,4-6,9,11H2,1-3H3. The van der Waals surface area contributed by atoms with E-state index >= 15 is 0 Å². The van der Waals surface area contributed by atoms with Gasteiger partial charge in [0.1, 0.15) is 17.8 Å². The highest BCUT2D eigenvalue weighted by Gasteiger charge is 2.24. The Bertz CT molecular complexity index is 475. The second-order valence-electron chi connectivity index (χ2n) is 5.69. The maximum absolute atomic E-state index is 11.6. The number of methoxy groups -OCH3 is 2. The van der Waals surface area contributed by atoms with Gasteiger partial charge in [0.05, 0.1) is 20.1 Å². The number of piperidine rings is 1. The predicted octanol–water partition coefficient (Wildman–Crippen LogP) is 2.86. The van der Waals surface area contributed by atoms with Crippen molar-refractivity contribution in [3.05, 3.63) is 23.8 Å². The summed E-state index contributed by atoms with van der Waals surface area (Å²) in [5.41, 5.74) is 0.936. The van der Waals surface area contributed by atoms with E-state index in [1.807, 2.05) is 18.2 Å². The molecule has 0 N–H and O–H groups in total. The average Bonchev–Trinajstić information content (AvgIpc) is 2.53. The Hall–Kier alpha value is -1.55. The molecule has 1 aliphatic rings. The summed E-state index contributed by atoms with van der Waals surface area (Å²) in [6.45, 7) is 4.07. The number of hydrogen-bond donors (Lipinski definition) is 0. The van der Waals surface area contributed by atoms with Gasteiger partial charge >= 0.3 is 0 Å². The molecule has 0 radical (unpaired) electrons. The second kappa shape index (κ2) is 7.46. The molecule has 0 bridgehead atoms. The number of hydrogen-bond acceptors (Lipinski definition) is 4. The van der Waals surface area contributed by atoms with E-state index in [0.717, 1.165) is 36.4 Å². The number of nitrogens with zero attached hydrogens (tertiary/aromatic N) is 1. The Kier molecular flexibility index (Phi) is 5.62. The Labute approximate surface area is 127 Å². The molecular formula is C17H25NO3. The quantitative estimate of drug-likeness (QED) is 0.756. The van der Waals surface area contributed by atoms with Crippen molar-refractivity contribution in [3.8, 4) is 11.5 Å². The van der Waals surface area contributed by atoms with E-state index in [1.165, 1.54) is 19.3 Å².